The molecule has 90 valence electrons. The van der Waals surface area contributed by atoms with Crippen molar-refractivity contribution in [3.05, 3.63) is 23.7 Å². The number of carboxylic acid groups (broad SMARTS) is 1. The second-order valence-corrected chi connectivity index (χ2v) is 4.02. The van der Waals surface area contributed by atoms with E-state index in [9.17, 15) is 4.79 Å². The minimum Gasteiger partial charge on any atom is -0.478 e. The summed E-state index contributed by atoms with van der Waals surface area (Å²) in [4.78, 5) is 10.6. The van der Waals surface area contributed by atoms with E-state index in [-0.39, 0.29) is 18.2 Å². The number of nitrogens with one attached hydrogen (secondary N) is 1. The van der Waals surface area contributed by atoms with Crippen LogP contribution in [0.5, 0.6) is 0 Å². The van der Waals surface area contributed by atoms with Crippen LogP contribution in [0.15, 0.2) is 16.7 Å². The van der Waals surface area contributed by atoms with Crippen LogP contribution in [0.25, 0.3) is 0 Å². The molecule has 0 aliphatic carbocycles. The maximum atomic E-state index is 10.6. The number of carbonyl (C=O) groups is 1. The highest BCUT2D eigenvalue weighted by Crippen LogP contribution is 2.09. The molecule has 1 aromatic rings. The fourth-order valence-electron chi connectivity index (χ4n) is 1.33. The summed E-state index contributed by atoms with van der Waals surface area (Å²) in [6.07, 6.45) is 1.21. The largest absolute Gasteiger partial charge is 0.478 e. The molecule has 0 unspecified atom stereocenters. The van der Waals surface area contributed by atoms with Crippen molar-refractivity contribution in [3.8, 4) is 0 Å². The van der Waals surface area contributed by atoms with Crippen LogP contribution >= 0.6 is 0 Å². The molecule has 5 heteroatoms. The van der Waals surface area contributed by atoms with Gasteiger partial charge >= 0.3 is 5.97 Å². The van der Waals surface area contributed by atoms with E-state index < -0.39 is 5.97 Å². The normalized spacial score (nSPS) is 13.0. The summed E-state index contributed by atoms with van der Waals surface area (Å²) in [5, 5.41) is 20.9. The Hall–Kier alpha value is -1.33. The maximum Gasteiger partial charge on any atom is 0.338 e. The quantitative estimate of drug-likeness (QED) is 0.677. The molecule has 0 aliphatic heterocycles. The summed E-state index contributed by atoms with van der Waals surface area (Å²) < 4.78 is 5.08. The van der Waals surface area contributed by atoms with Crippen LogP contribution in [-0.4, -0.2) is 28.8 Å². The minimum absolute atomic E-state index is 0.0154. The van der Waals surface area contributed by atoms with Gasteiger partial charge in [0.05, 0.1) is 18.7 Å². The number of aromatic carboxylic acids is 1. The first-order chi connectivity index (χ1) is 7.54. The predicted molar refractivity (Wildman–Crippen MR) is 58.2 cm³/mol. The predicted octanol–water partition coefficient (Wildman–Crippen LogP) is 1.08. The zero-order valence-electron chi connectivity index (χ0n) is 9.43. The van der Waals surface area contributed by atoms with E-state index in [2.05, 4.69) is 5.32 Å². The fourth-order valence-corrected chi connectivity index (χ4v) is 1.33. The molecule has 0 aromatic carbocycles. The Kier molecular flexibility index (Phi) is 4.52. The lowest BCUT2D eigenvalue weighted by Crippen LogP contribution is -2.36. The average molecular weight is 227 g/mol. The number of rotatable bonds is 6. The van der Waals surface area contributed by atoms with Gasteiger partial charge < -0.3 is 19.9 Å². The summed E-state index contributed by atoms with van der Waals surface area (Å²) >= 11 is 0. The van der Waals surface area contributed by atoms with Crippen LogP contribution in [0, 0.1) is 5.92 Å². The molecule has 0 radical (unpaired) electrons. The third-order valence-corrected chi connectivity index (χ3v) is 2.44. The number of aliphatic hydroxyl groups excluding tert-OH is 1. The number of carboxylic acids is 1. The SMILES string of the molecule is CC(C)[C@@H](CO)NCc1cc(C(=O)O)co1. The van der Waals surface area contributed by atoms with E-state index in [0.717, 1.165) is 0 Å². The Labute approximate surface area is 94.1 Å². The van der Waals surface area contributed by atoms with Gasteiger partial charge in [0.1, 0.15) is 12.0 Å². The zero-order valence-corrected chi connectivity index (χ0v) is 9.43. The number of furan rings is 1. The average Bonchev–Trinajstić information content (AvgIpc) is 2.67. The molecule has 3 N–H and O–H groups in total. The van der Waals surface area contributed by atoms with E-state index >= 15 is 0 Å². The van der Waals surface area contributed by atoms with E-state index in [1.54, 1.807) is 0 Å². The monoisotopic (exact) mass is 227 g/mol. The van der Waals surface area contributed by atoms with Crippen molar-refractivity contribution in [1.82, 2.24) is 5.32 Å². The highest BCUT2D eigenvalue weighted by molar-refractivity contribution is 5.87. The lowest BCUT2D eigenvalue weighted by atomic mass is 10.1. The Morgan fingerprint density at radius 2 is 2.25 bits per heavy atom. The summed E-state index contributed by atoms with van der Waals surface area (Å²) in [7, 11) is 0. The van der Waals surface area contributed by atoms with Gasteiger partial charge in [0, 0.05) is 6.04 Å². The first-order valence-corrected chi connectivity index (χ1v) is 5.19. The van der Waals surface area contributed by atoms with Crippen LogP contribution in [0.1, 0.15) is 30.0 Å². The number of aliphatic hydroxyl groups is 1. The van der Waals surface area contributed by atoms with Crippen molar-refractivity contribution < 1.29 is 19.4 Å². The van der Waals surface area contributed by atoms with E-state index in [0.29, 0.717) is 18.2 Å². The van der Waals surface area contributed by atoms with Gasteiger partial charge in [-0.15, -0.1) is 0 Å². The third kappa shape index (κ3) is 3.36. The second-order valence-electron chi connectivity index (χ2n) is 4.02. The number of hydrogen-bond acceptors (Lipinski definition) is 4. The van der Waals surface area contributed by atoms with Gasteiger partial charge in [-0.2, -0.15) is 0 Å². The molecular formula is C11H17NO4. The molecule has 16 heavy (non-hydrogen) atoms. The molecule has 0 saturated carbocycles. The molecule has 1 aromatic heterocycles. The standard InChI is InChI=1S/C11H17NO4/c1-7(2)10(5-13)12-4-9-3-8(6-16-9)11(14)15/h3,6-7,10,12-13H,4-5H2,1-2H3,(H,14,15)/t10-/m1/s1. The second kappa shape index (κ2) is 5.67. The fraction of sp³-hybridized carbons (Fsp3) is 0.545. The van der Waals surface area contributed by atoms with Crippen molar-refractivity contribution in [1.29, 1.82) is 0 Å². The van der Waals surface area contributed by atoms with Crippen LogP contribution in [-0.2, 0) is 6.54 Å². The molecule has 0 aliphatic rings. The summed E-state index contributed by atoms with van der Waals surface area (Å²) in [5.74, 6) is -0.145. The van der Waals surface area contributed by atoms with E-state index in [1.165, 1.54) is 12.3 Å². The Morgan fingerprint density at radius 1 is 1.56 bits per heavy atom. The van der Waals surface area contributed by atoms with Gasteiger partial charge in [-0.25, -0.2) is 4.79 Å². The minimum atomic E-state index is -1.00. The lowest BCUT2D eigenvalue weighted by Gasteiger charge is -2.18. The Balaban J connectivity index is 2.50. The summed E-state index contributed by atoms with van der Waals surface area (Å²) in [6.45, 7) is 4.46. The number of hydrogen-bond donors (Lipinski definition) is 3. The lowest BCUT2D eigenvalue weighted by molar-refractivity contribution is 0.0696. The maximum absolute atomic E-state index is 10.6. The van der Waals surface area contributed by atoms with Gasteiger partial charge in [0.25, 0.3) is 0 Å². The van der Waals surface area contributed by atoms with Crippen LogP contribution in [0.3, 0.4) is 0 Å². The molecule has 0 amide bonds. The van der Waals surface area contributed by atoms with Gasteiger partial charge in [-0.1, -0.05) is 13.8 Å². The summed E-state index contributed by atoms with van der Waals surface area (Å²) in [6, 6.07) is 1.46. The molecular weight excluding hydrogens is 210 g/mol. The molecule has 0 fully saturated rings. The van der Waals surface area contributed by atoms with E-state index in [1.807, 2.05) is 13.8 Å². The van der Waals surface area contributed by atoms with E-state index in [4.69, 9.17) is 14.6 Å². The first-order valence-electron chi connectivity index (χ1n) is 5.19. The first kappa shape index (κ1) is 12.7. The highest BCUT2D eigenvalue weighted by atomic mass is 16.4. The molecule has 0 saturated heterocycles. The van der Waals surface area contributed by atoms with Crippen LogP contribution < -0.4 is 5.32 Å². The molecule has 1 heterocycles. The molecule has 0 bridgehead atoms. The van der Waals surface area contributed by atoms with Gasteiger partial charge in [-0.05, 0) is 12.0 Å². The smallest absolute Gasteiger partial charge is 0.338 e. The highest BCUT2D eigenvalue weighted by Gasteiger charge is 2.13. The topological polar surface area (TPSA) is 82.7 Å². The van der Waals surface area contributed by atoms with Crippen molar-refractivity contribution >= 4 is 5.97 Å². The Bertz CT molecular complexity index is 346. The van der Waals surface area contributed by atoms with Crippen molar-refractivity contribution in [2.75, 3.05) is 6.61 Å². The van der Waals surface area contributed by atoms with Gasteiger partial charge in [-0.3, -0.25) is 0 Å². The molecule has 1 rings (SSSR count). The summed E-state index contributed by atoms with van der Waals surface area (Å²) in [5.41, 5.74) is 0.141. The van der Waals surface area contributed by atoms with Crippen molar-refractivity contribution in [2.45, 2.75) is 26.4 Å². The molecule has 0 spiro atoms. The van der Waals surface area contributed by atoms with Crippen molar-refractivity contribution in [2.24, 2.45) is 5.92 Å². The van der Waals surface area contributed by atoms with Crippen LogP contribution in [0.2, 0.25) is 0 Å². The molecule has 1 atom stereocenters. The van der Waals surface area contributed by atoms with Crippen molar-refractivity contribution in [3.63, 3.8) is 0 Å². The third-order valence-electron chi connectivity index (χ3n) is 2.44. The van der Waals surface area contributed by atoms with Crippen LogP contribution in [0.4, 0.5) is 0 Å². The van der Waals surface area contributed by atoms with Gasteiger partial charge in [0.15, 0.2) is 0 Å². The zero-order chi connectivity index (χ0) is 12.1. The Morgan fingerprint density at radius 3 is 2.69 bits per heavy atom. The van der Waals surface area contributed by atoms with Gasteiger partial charge in [0.2, 0.25) is 0 Å². The molecule has 5 nitrogen and oxygen atoms in total.